The predicted molar refractivity (Wildman–Crippen MR) is 137 cm³/mol. The van der Waals surface area contributed by atoms with E-state index < -0.39 is 0 Å². The Bertz CT molecular complexity index is 1520. The van der Waals surface area contributed by atoms with E-state index in [2.05, 4.69) is 47.8 Å². The Morgan fingerprint density at radius 3 is 2.35 bits per heavy atom. The van der Waals surface area contributed by atoms with Crippen LogP contribution in [0.3, 0.4) is 0 Å². The monoisotopic (exact) mass is 451 g/mol. The smallest absolute Gasteiger partial charge is 0.172 e. The molecule has 34 heavy (non-hydrogen) atoms. The molecule has 0 bridgehead atoms. The van der Waals surface area contributed by atoms with Crippen molar-refractivity contribution in [3.8, 4) is 0 Å². The fourth-order valence-corrected chi connectivity index (χ4v) is 6.15. The summed E-state index contributed by atoms with van der Waals surface area (Å²) in [6.45, 7) is 1.95. The summed E-state index contributed by atoms with van der Waals surface area (Å²) in [6, 6.07) is 16.5. The molecule has 2 aromatic carbocycles. The van der Waals surface area contributed by atoms with Crippen LogP contribution in [0.4, 0.5) is 0 Å². The first-order valence-corrected chi connectivity index (χ1v) is 12.0. The Morgan fingerprint density at radius 1 is 0.912 bits per heavy atom. The van der Waals surface area contributed by atoms with Crippen LogP contribution in [-0.2, 0) is 29.6 Å². The summed E-state index contributed by atoms with van der Waals surface area (Å²) in [4.78, 5) is 29.1. The molecular weight excluding hydrogens is 422 g/mol. The number of fused-ring (bicyclic) bond motifs is 4. The Labute approximate surface area is 199 Å². The lowest BCUT2D eigenvalue weighted by Crippen LogP contribution is -2.29. The van der Waals surface area contributed by atoms with E-state index >= 15 is 0 Å². The highest BCUT2D eigenvalue weighted by Crippen LogP contribution is 2.44. The van der Waals surface area contributed by atoms with Crippen molar-refractivity contribution in [2.45, 2.75) is 25.8 Å². The zero-order chi connectivity index (χ0) is 23.6. The van der Waals surface area contributed by atoms with Crippen LogP contribution >= 0.6 is 0 Å². The number of carbonyl (C=O) groups excluding carboxylic acids is 2. The average Bonchev–Trinajstić information content (AvgIpc) is 3.41. The zero-order valence-corrected chi connectivity index (χ0v) is 20.0. The van der Waals surface area contributed by atoms with Crippen molar-refractivity contribution in [2.75, 3.05) is 20.6 Å². The summed E-state index contributed by atoms with van der Waals surface area (Å²) < 4.78 is 4.44. The van der Waals surface area contributed by atoms with Gasteiger partial charge in [-0.3, -0.25) is 9.59 Å². The van der Waals surface area contributed by atoms with E-state index in [1.807, 2.05) is 42.1 Å². The van der Waals surface area contributed by atoms with E-state index in [-0.39, 0.29) is 18.0 Å². The quantitative estimate of drug-likeness (QED) is 0.422. The van der Waals surface area contributed by atoms with Gasteiger partial charge in [0.2, 0.25) is 0 Å². The minimum atomic E-state index is -0.0685. The van der Waals surface area contributed by atoms with Gasteiger partial charge in [-0.1, -0.05) is 36.4 Å². The molecule has 5 heteroatoms. The topological polar surface area (TPSA) is 47.2 Å². The van der Waals surface area contributed by atoms with Crippen LogP contribution < -0.4 is 0 Å². The Balaban J connectivity index is 1.65. The fraction of sp³-hybridized carbons (Fsp3) is 0.310. The minimum absolute atomic E-state index is 0.0477. The molecule has 0 fully saturated rings. The molecule has 2 aliphatic rings. The summed E-state index contributed by atoms with van der Waals surface area (Å²) >= 11 is 0. The maximum atomic E-state index is 13.5. The lowest BCUT2D eigenvalue weighted by Gasteiger charge is -2.28. The molecule has 1 aliphatic carbocycles. The number of allylic oxidation sites excluding steroid dienone is 2. The van der Waals surface area contributed by atoms with Crippen LogP contribution in [0.15, 0.2) is 54.7 Å². The molecule has 0 radical (unpaired) electrons. The first-order chi connectivity index (χ1) is 16.4. The van der Waals surface area contributed by atoms with Crippen LogP contribution in [0.1, 0.15) is 29.7 Å². The van der Waals surface area contributed by atoms with Gasteiger partial charge in [-0.15, -0.1) is 0 Å². The lowest BCUT2D eigenvalue weighted by molar-refractivity contribution is -0.119. The molecule has 172 valence electrons. The molecule has 0 amide bonds. The molecule has 2 aromatic heterocycles. The molecule has 1 aliphatic heterocycles. The summed E-state index contributed by atoms with van der Waals surface area (Å²) in [6.07, 6.45) is 3.99. The minimum Gasteiger partial charge on any atom is -0.350 e. The molecule has 4 aromatic rings. The fourth-order valence-electron chi connectivity index (χ4n) is 6.15. The highest BCUT2D eigenvalue weighted by atomic mass is 16.2. The highest BCUT2D eigenvalue weighted by molar-refractivity contribution is 6.52. The SMILES string of the molecule is CN(C)CC1CCn2c(c(C3=C(c4cn(C)c5ccccc45)C(=O)CC3=O)c3ccccc32)C1. The highest BCUT2D eigenvalue weighted by Gasteiger charge is 2.38. The third-order valence-electron chi connectivity index (χ3n) is 7.49. The molecule has 0 saturated carbocycles. The second-order valence-corrected chi connectivity index (χ2v) is 10.1. The number of hydrogen-bond acceptors (Lipinski definition) is 3. The van der Waals surface area contributed by atoms with Crippen LogP contribution in [-0.4, -0.2) is 46.2 Å². The number of aryl methyl sites for hydroxylation is 2. The second-order valence-electron chi connectivity index (χ2n) is 10.1. The summed E-state index contributed by atoms with van der Waals surface area (Å²) in [5.41, 5.74) is 6.49. The second kappa shape index (κ2) is 7.81. The van der Waals surface area contributed by atoms with Gasteiger partial charge in [-0.05, 0) is 45.0 Å². The van der Waals surface area contributed by atoms with Gasteiger partial charge in [-0.25, -0.2) is 0 Å². The largest absolute Gasteiger partial charge is 0.350 e. The first kappa shape index (κ1) is 21.1. The average molecular weight is 452 g/mol. The van der Waals surface area contributed by atoms with Crippen molar-refractivity contribution >= 4 is 44.5 Å². The molecule has 1 unspecified atom stereocenters. The van der Waals surface area contributed by atoms with E-state index in [4.69, 9.17) is 0 Å². The van der Waals surface area contributed by atoms with Gasteiger partial charge >= 0.3 is 0 Å². The maximum absolute atomic E-state index is 13.5. The van der Waals surface area contributed by atoms with Crippen LogP contribution in [0.5, 0.6) is 0 Å². The number of benzene rings is 2. The first-order valence-electron chi connectivity index (χ1n) is 12.0. The number of rotatable bonds is 4. The predicted octanol–water partition coefficient (Wildman–Crippen LogP) is 4.71. The number of hydrogen-bond donors (Lipinski definition) is 0. The van der Waals surface area contributed by atoms with Gasteiger partial charge in [0.1, 0.15) is 0 Å². The number of Topliss-reactive ketones (excluding diaryl/α,β-unsaturated/α-hetero) is 2. The third kappa shape index (κ3) is 3.11. The van der Waals surface area contributed by atoms with E-state index in [1.54, 1.807) is 0 Å². The van der Waals surface area contributed by atoms with Crippen molar-refractivity contribution in [3.63, 3.8) is 0 Å². The molecule has 0 saturated heterocycles. The van der Waals surface area contributed by atoms with Crippen molar-refractivity contribution in [1.29, 1.82) is 0 Å². The van der Waals surface area contributed by atoms with Gasteiger partial charge in [0.15, 0.2) is 11.6 Å². The van der Waals surface area contributed by atoms with Gasteiger partial charge in [-0.2, -0.15) is 0 Å². The normalized spacial score (nSPS) is 18.6. The number of ketones is 2. The van der Waals surface area contributed by atoms with Gasteiger partial charge < -0.3 is 14.0 Å². The molecule has 6 rings (SSSR count). The number of carbonyl (C=O) groups is 2. The van der Waals surface area contributed by atoms with Crippen molar-refractivity contribution < 1.29 is 9.59 Å². The lowest BCUT2D eigenvalue weighted by atomic mass is 9.89. The summed E-state index contributed by atoms with van der Waals surface area (Å²) in [5, 5.41) is 2.10. The van der Waals surface area contributed by atoms with Crippen molar-refractivity contribution in [2.24, 2.45) is 13.0 Å². The Morgan fingerprint density at radius 2 is 1.59 bits per heavy atom. The van der Waals surface area contributed by atoms with Gasteiger partial charge in [0.05, 0.1) is 6.42 Å². The maximum Gasteiger partial charge on any atom is 0.172 e. The molecule has 0 spiro atoms. The number of aromatic nitrogens is 2. The molecule has 5 nitrogen and oxygen atoms in total. The van der Waals surface area contributed by atoms with Gasteiger partial charge in [0.25, 0.3) is 0 Å². The number of para-hydroxylation sites is 2. The molecular formula is C29H29N3O2. The zero-order valence-electron chi connectivity index (χ0n) is 20.0. The van der Waals surface area contributed by atoms with E-state index in [9.17, 15) is 9.59 Å². The molecule has 1 atom stereocenters. The Hall–Kier alpha value is -3.44. The van der Waals surface area contributed by atoms with Crippen molar-refractivity contribution in [3.05, 3.63) is 71.5 Å². The van der Waals surface area contributed by atoms with Crippen LogP contribution in [0, 0.1) is 5.92 Å². The summed E-state index contributed by atoms with van der Waals surface area (Å²) in [7, 11) is 6.23. The Kier molecular flexibility index (Phi) is 4.85. The standard InChI is InChI=1S/C29H29N3O2/c1-30(2)16-18-12-13-32-23-11-7-5-9-20(23)27(24(32)14-18)29-26(34)15-25(33)28(29)21-17-31(3)22-10-6-4-8-19(21)22/h4-11,17-18H,12-16H2,1-3H3. The van der Waals surface area contributed by atoms with E-state index in [1.165, 1.54) is 5.69 Å². The van der Waals surface area contributed by atoms with Crippen LogP contribution in [0.25, 0.3) is 33.0 Å². The van der Waals surface area contributed by atoms with Gasteiger partial charge in [0, 0.05) is 76.1 Å². The third-order valence-corrected chi connectivity index (χ3v) is 7.49. The van der Waals surface area contributed by atoms with E-state index in [0.717, 1.165) is 58.9 Å². The number of nitrogens with zero attached hydrogens (tertiary/aromatic N) is 3. The molecule has 3 heterocycles. The van der Waals surface area contributed by atoms with Crippen molar-refractivity contribution in [1.82, 2.24) is 14.0 Å². The van der Waals surface area contributed by atoms with E-state index in [0.29, 0.717) is 17.1 Å². The van der Waals surface area contributed by atoms with Crippen LogP contribution in [0.2, 0.25) is 0 Å². The molecule has 0 N–H and O–H groups in total. The summed E-state index contributed by atoms with van der Waals surface area (Å²) in [5.74, 6) is 0.405.